The molecule has 1 saturated heterocycles. The zero-order valence-corrected chi connectivity index (χ0v) is 15.6. The summed E-state index contributed by atoms with van der Waals surface area (Å²) in [5.74, 6) is 1.80. The van der Waals surface area contributed by atoms with Crippen molar-refractivity contribution in [2.75, 3.05) is 37.0 Å². The van der Waals surface area contributed by atoms with Crippen LogP contribution in [0.4, 0.5) is 11.6 Å². The average molecular weight is 354 g/mol. The zero-order chi connectivity index (χ0) is 18.6. The monoisotopic (exact) mass is 354 g/mol. The highest BCUT2D eigenvalue weighted by atomic mass is 16.2. The molecule has 1 aliphatic heterocycles. The van der Waals surface area contributed by atoms with E-state index in [1.807, 2.05) is 50.2 Å². The van der Waals surface area contributed by atoms with Crippen LogP contribution in [0.15, 0.2) is 36.8 Å². The molecule has 3 heterocycles. The Hall–Kier alpha value is -2.70. The average Bonchev–Trinajstić information content (AvgIpc) is 2.67. The Labute approximate surface area is 154 Å². The second-order valence-electron chi connectivity index (χ2n) is 7.22. The Morgan fingerprint density at radius 2 is 2.15 bits per heavy atom. The first-order chi connectivity index (χ1) is 12.5. The molecule has 0 bridgehead atoms. The van der Waals surface area contributed by atoms with Gasteiger partial charge in [0.05, 0.1) is 17.7 Å². The van der Waals surface area contributed by atoms with E-state index in [9.17, 15) is 4.79 Å². The number of anilines is 2. The summed E-state index contributed by atoms with van der Waals surface area (Å²) in [6.07, 6.45) is 5.14. The molecule has 2 aromatic rings. The third-order valence-corrected chi connectivity index (χ3v) is 4.82. The lowest BCUT2D eigenvalue weighted by molar-refractivity contribution is -0.130. The van der Waals surface area contributed by atoms with Crippen molar-refractivity contribution < 1.29 is 4.79 Å². The summed E-state index contributed by atoms with van der Waals surface area (Å²) in [6, 6.07) is 7.68. The standard InChI is InChI=1S/C19H26N6O/c1-19(18(26)21-12-15-7-4-5-9-20-15)8-6-10-25(13-19)17-11-16(24(2)3)22-14-23-17/h4-5,7,9,11,14H,6,8,10,12-13H2,1-3H3,(H,21,26)/t19-/m1/s1. The molecule has 0 radical (unpaired) electrons. The molecule has 0 saturated carbocycles. The van der Waals surface area contributed by atoms with E-state index in [0.29, 0.717) is 13.1 Å². The summed E-state index contributed by atoms with van der Waals surface area (Å²) >= 11 is 0. The number of hydrogen-bond donors (Lipinski definition) is 1. The fourth-order valence-corrected chi connectivity index (χ4v) is 3.26. The van der Waals surface area contributed by atoms with Gasteiger partial charge in [-0.25, -0.2) is 9.97 Å². The molecule has 1 aliphatic rings. The van der Waals surface area contributed by atoms with E-state index in [1.165, 1.54) is 0 Å². The fraction of sp³-hybridized carbons (Fsp3) is 0.474. The van der Waals surface area contributed by atoms with E-state index in [4.69, 9.17) is 0 Å². The Kier molecular flexibility index (Phi) is 5.35. The number of pyridine rings is 1. The largest absolute Gasteiger partial charge is 0.363 e. The smallest absolute Gasteiger partial charge is 0.228 e. The van der Waals surface area contributed by atoms with Crippen LogP contribution in [0, 0.1) is 5.41 Å². The second kappa shape index (κ2) is 7.68. The minimum atomic E-state index is -0.448. The molecule has 0 aliphatic carbocycles. The Morgan fingerprint density at radius 1 is 1.31 bits per heavy atom. The van der Waals surface area contributed by atoms with Gasteiger partial charge in [-0.3, -0.25) is 9.78 Å². The maximum absolute atomic E-state index is 12.8. The summed E-state index contributed by atoms with van der Waals surface area (Å²) in [5.41, 5.74) is 0.416. The molecule has 138 valence electrons. The van der Waals surface area contributed by atoms with Crippen molar-refractivity contribution in [3.63, 3.8) is 0 Å². The lowest BCUT2D eigenvalue weighted by Gasteiger charge is -2.40. The summed E-state index contributed by atoms with van der Waals surface area (Å²) in [7, 11) is 3.91. The number of aromatic nitrogens is 3. The molecule has 7 heteroatoms. The van der Waals surface area contributed by atoms with Crippen LogP contribution in [0.1, 0.15) is 25.5 Å². The molecule has 26 heavy (non-hydrogen) atoms. The van der Waals surface area contributed by atoms with E-state index in [1.54, 1.807) is 12.5 Å². The number of piperidine rings is 1. The van der Waals surface area contributed by atoms with Crippen LogP contribution in [0.3, 0.4) is 0 Å². The van der Waals surface area contributed by atoms with Crippen LogP contribution in [-0.2, 0) is 11.3 Å². The SMILES string of the molecule is CN(C)c1cc(N2CCC[C@@](C)(C(=O)NCc3ccccn3)C2)ncn1. The van der Waals surface area contributed by atoms with Gasteiger partial charge in [0.1, 0.15) is 18.0 Å². The van der Waals surface area contributed by atoms with Gasteiger partial charge < -0.3 is 15.1 Å². The number of carbonyl (C=O) groups is 1. The van der Waals surface area contributed by atoms with Gasteiger partial charge in [-0.05, 0) is 31.9 Å². The summed E-state index contributed by atoms with van der Waals surface area (Å²) in [4.78, 5) is 29.9. The van der Waals surface area contributed by atoms with Gasteiger partial charge in [0.25, 0.3) is 0 Å². The summed E-state index contributed by atoms with van der Waals surface area (Å²) in [5, 5.41) is 3.04. The molecule has 0 spiro atoms. The normalized spacial score (nSPS) is 19.9. The van der Waals surface area contributed by atoms with Gasteiger partial charge in [-0.15, -0.1) is 0 Å². The van der Waals surface area contributed by atoms with Crippen molar-refractivity contribution in [3.8, 4) is 0 Å². The molecule has 1 N–H and O–H groups in total. The van der Waals surface area contributed by atoms with Crippen molar-refractivity contribution >= 4 is 17.5 Å². The molecule has 2 aromatic heterocycles. The van der Waals surface area contributed by atoms with Gasteiger partial charge in [-0.2, -0.15) is 0 Å². The third kappa shape index (κ3) is 4.09. The predicted molar refractivity (Wildman–Crippen MR) is 102 cm³/mol. The molecule has 7 nitrogen and oxygen atoms in total. The summed E-state index contributed by atoms with van der Waals surface area (Å²) < 4.78 is 0. The van der Waals surface area contributed by atoms with Crippen molar-refractivity contribution in [1.82, 2.24) is 20.3 Å². The Bertz CT molecular complexity index is 751. The quantitative estimate of drug-likeness (QED) is 0.883. The topological polar surface area (TPSA) is 74.2 Å². The van der Waals surface area contributed by atoms with E-state index < -0.39 is 5.41 Å². The highest BCUT2D eigenvalue weighted by Crippen LogP contribution is 2.32. The lowest BCUT2D eigenvalue weighted by atomic mass is 9.81. The van der Waals surface area contributed by atoms with Crippen LogP contribution >= 0.6 is 0 Å². The third-order valence-electron chi connectivity index (χ3n) is 4.82. The van der Waals surface area contributed by atoms with Crippen LogP contribution in [-0.4, -0.2) is 48.0 Å². The molecular formula is C19H26N6O. The number of nitrogens with one attached hydrogen (secondary N) is 1. The van der Waals surface area contributed by atoms with Crippen molar-refractivity contribution in [2.24, 2.45) is 5.41 Å². The van der Waals surface area contributed by atoms with Gasteiger partial charge in [0.15, 0.2) is 0 Å². The van der Waals surface area contributed by atoms with Gasteiger partial charge in [0, 0.05) is 39.4 Å². The molecule has 0 unspecified atom stereocenters. The number of carbonyl (C=O) groups excluding carboxylic acids is 1. The Balaban J connectivity index is 1.68. The first-order valence-electron chi connectivity index (χ1n) is 8.90. The minimum absolute atomic E-state index is 0.0646. The molecule has 0 aromatic carbocycles. The molecular weight excluding hydrogens is 328 g/mol. The maximum Gasteiger partial charge on any atom is 0.228 e. The van der Waals surface area contributed by atoms with Crippen LogP contribution < -0.4 is 15.1 Å². The molecule has 1 amide bonds. The first kappa shape index (κ1) is 18.1. The first-order valence-corrected chi connectivity index (χ1v) is 8.90. The molecule has 3 rings (SSSR count). The van der Waals surface area contributed by atoms with E-state index >= 15 is 0 Å². The fourth-order valence-electron chi connectivity index (χ4n) is 3.26. The number of rotatable bonds is 5. The lowest BCUT2D eigenvalue weighted by Crippen LogP contribution is -2.50. The zero-order valence-electron chi connectivity index (χ0n) is 15.6. The van der Waals surface area contributed by atoms with E-state index in [0.717, 1.165) is 36.7 Å². The van der Waals surface area contributed by atoms with Crippen molar-refractivity contribution in [3.05, 3.63) is 42.5 Å². The van der Waals surface area contributed by atoms with Crippen LogP contribution in [0.5, 0.6) is 0 Å². The Morgan fingerprint density at radius 3 is 2.88 bits per heavy atom. The van der Waals surface area contributed by atoms with Gasteiger partial charge in [0.2, 0.25) is 5.91 Å². The van der Waals surface area contributed by atoms with Crippen LogP contribution in [0.2, 0.25) is 0 Å². The number of hydrogen-bond acceptors (Lipinski definition) is 6. The molecule has 1 fully saturated rings. The molecule has 1 atom stereocenters. The van der Waals surface area contributed by atoms with Gasteiger partial charge in [-0.1, -0.05) is 6.07 Å². The van der Waals surface area contributed by atoms with Crippen molar-refractivity contribution in [1.29, 1.82) is 0 Å². The van der Waals surface area contributed by atoms with Crippen LogP contribution in [0.25, 0.3) is 0 Å². The minimum Gasteiger partial charge on any atom is -0.363 e. The number of amides is 1. The second-order valence-corrected chi connectivity index (χ2v) is 7.22. The highest BCUT2D eigenvalue weighted by molar-refractivity contribution is 5.83. The number of nitrogens with zero attached hydrogens (tertiary/aromatic N) is 5. The predicted octanol–water partition coefficient (Wildman–Crippen LogP) is 1.86. The van der Waals surface area contributed by atoms with Crippen molar-refractivity contribution in [2.45, 2.75) is 26.3 Å². The van der Waals surface area contributed by atoms with E-state index in [2.05, 4.69) is 25.2 Å². The van der Waals surface area contributed by atoms with E-state index in [-0.39, 0.29) is 5.91 Å². The highest BCUT2D eigenvalue weighted by Gasteiger charge is 2.38. The maximum atomic E-state index is 12.8. The summed E-state index contributed by atoms with van der Waals surface area (Å²) in [6.45, 7) is 4.02. The van der Waals surface area contributed by atoms with Gasteiger partial charge >= 0.3 is 0 Å².